The van der Waals surface area contributed by atoms with Gasteiger partial charge in [-0.15, -0.1) is 11.3 Å². The van der Waals surface area contributed by atoms with Gasteiger partial charge in [-0.25, -0.2) is 4.98 Å². The lowest BCUT2D eigenvalue weighted by molar-refractivity contribution is 0.0953. The molecule has 0 aliphatic rings. The Morgan fingerprint density at radius 3 is 2.56 bits per heavy atom. The second-order valence-corrected chi connectivity index (χ2v) is 7.35. The summed E-state index contributed by atoms with van der Waals surface area (Å²) >= 11 is 1.67. The van der Waals surface area contributed by atoms with E-state index in [4.69, 9.17) is 0 Å². The van der Waals surface area contributed by atoms with Gasteiger partial charge >= 0.3 is 0 Å². The van der Waals surface area contributed by atoms with E-state index < -0.39 is 0 Å². The average molecular weight is 380 g/mol. The van der Waals surface area contributed by atoms with E-state index in [0.29, 0.717) is 5.56 Å². The van der Waals surface area contributed by atoms with Gasteiger partial charge in [-0.1, -0.05) is 55.8 Å². The Labute approximate surface area is 164 Å². The predicted octanol–water partition coefficient (Wildman–Crippen LogP) is 4.63. The molecule has 140 valence electrons. The summed E-state index contributed by atoms with van der Waals surface area (Å²) in [6, 6.07) is 18.0. The third-order valence-electron chi connectivity index (χ3n) is 4.26. The van der Waals surface area contributed by atoms with Gasteiger partial charge in [0.2, 0.25) is 0 Å². The first-order valence-electron chi connectivity index (χ1n) is 9.34. The minimum atomic E-state index is -0.000754. The maximum Gasteiger partial charge on any atom is 0.251 e. The topological polar surface area (TPSA) is 54.0 Å². The van der Waals surface area contributed by atoms with E-state index in [0.717, 1.165) is 54.3 Å². The second kappa shape index (κ2) is 10.00. The molecule has 0 bridgehead atoms. The molecule has 1 aromatic heterocycles. The normalized spacial score (nSPS) is 10.7. The van der Waals surface area contributed by atoms with Crippen LogP contribution in [0, 0.1) is 0 Å². The highest BCUT2D eigenvalue weighted by Gasteiger charge is 2.06. The molecule has 4 nitrogen and oxygen atoms in total. The van der Waals surface area contributed by atoms with Crippen molar-refractivity contribution in [2.24, 2.45) is 0 Å². The molecule has 2 aromatic carbocycles. The Morgan fingerprint density at radius 1 is 1.04 bits per heavy atom. The number of unbranched alkanes of at least 4 members (excludes halogenated alkanes) is 1. The smallest absolute Gasteiger partial charge is 0.251 e. The zero-order chi connectivity index (χ0) is 18.9. The summed E-state index contributed by atoms with van der Waals surface area (Å²) in [4.78, 5) is 16.7. The molecule has 0 fully saturated rings. The van der Waals surface area contributed by atoms with Crippen LogP contribution in [0.25, 0.3) is 11.3 Å². The van der Waals surface area contributed by atoms with Crippen LogP contribution in [0.1, 0.15) is 40.7 Å². The standard InChI is InChI=1S/C22H25N3OS/c1-2-3-13-24-22(26)19-11-9-17(10-12-19)14-23-15-21-25-20(16-27-21)18-7-5-4-6-8-18/h4-12,16,23H,2-3,13-15H2,1H3,(H,24,26). The molecule has 0 unspecified atom stereocenters. The lowest BCUT2D eigenvalue weighted by Gasteiger charge is -2.06. The minimum absolute atomic E-state index is 0.000754. The summed E-state index contributed by atoms with van der Waals surface area (Å²) in [7, 11) is 0. The number of amides is 1. The van der Waals surface area contributed by atoms with Crippen LogP contribution < -0.4 is 10.6 Å². The molecule has 2 N–H and O–H groups in total. The molecule has 3 aromatic rings. The molecule has 5 heteroatoms. The SMILES string of the molecule is CCCCNC(=O)c1ccc(CNCc2nc(-c3ccccc3)cs2)cc1. The molecule has 0 saturated carbocycles. The number of hydrogen-bond donors (Lipinski definition) is 2. The van der Waals surface area contributed by atoms with Gasteiger partial charge in [-0.2, -0.15) is 0 Å². The Balaban J connectivity index is 1.47. The fourth-order valence-electron chi connectivity index (χ4n) is 2.70. The van der Waals surface area contributed by atoms with Crippen LogP contribution in [0.2, 0.25) is 0 Å². The third-order valence-corrected chi connectivity index (χ3v) is 5.11. The molecule has 1 heterocycles. The van der Waals surface area contributed by atoms with Gasteiger partial charge in [0, 0.05) is 36.1 Å². The second-order valence-electron chi connectivity index (χ2n) is 6.40. The van der Waals surface area contributed by atoms with Gasteiger partial charge in [0.15, 0.2) is 0 Å². The van der Waals surface area contributed by atoms with Crippen molar-refractivity contribution in [1.82, 2.24) is 15.6 Å². The average Bonchev–Trinajstić information content (AvgIpc) is 3.18. The van der Waals surface area contributed by atoms with Crippen molar-refractivity contribution < 1.29 is 4.79 Å². The van der Waals surface area contributed by atoms with Gasteiger partial charge in [-0.3, -0.25) is 4.79 Å². The van der Waals surface area contributed by atoms with Crippen molar-refractivity contribution in [2.45, 2.75) is 32.9 Å². The highest BCUT2D eigenvalue weighted by atomic mass is 32.1. The van der Waals surface area contributed by atoms with E-state index in [-0.39, 0.29) is 5.91 Å². The van der Waals surface area contributed by atoms with Crippen molar-refractivity contribution in [3.8, 4) is 11.3 Å². The Morgan fingerprint density at radius 2 is 1.81 bits per heavy atom. The van der Waals surface area contributed by atoms with Gasteiger partial charge in [0.1, 0.15) is 5.01 Å². The van der Waals surface area contributed by atoms with Gasteiger partial charge in [0.05, 0.1) is 5.69 Å². The van der Waals surface area contributed by atoms with E-state index >= 15 is 0 Å². The number of carbonyl (C=O) groups excluding carboxylic acids is 1. The summed E-state index contributed by atoms with van der Waals surface area (Å²) in [5, 5.41) is 9.52. The van der Waals surface area contributed by atoms with E-state index in [2.05, 4.69) is 40.1 Å². The number of rotatable bonds is 9. The Kier molecular flexibility index (Phi) is 7.13. The molecule has 27 heavy (non-hydrogen) atoms. The molecular formula is C22H25N3OS. The highest BCUT2D eigenvalue weighted by Crippen LogP contribution is 2.21. The number of benzene rings is 2. The first-order valence-corrected chi connectivity index (χ1v) is 10.2. The molecule has 0 aliphatic carbocycles. The van der Waals surface area contributed by atoms with Gasteiger partial charge in [0.25, 0.3) is 5.91 Å². The molecule has 0 spiro atoms. The molecule has 0 saturated heterocycles. The summed E-state index contributed by atoms with van der Waals surface area (Å²) in [5.41, 5.74) is 4.03. The first-order chi connectivity index (χ1) is 13.3. The zero-order valence-electron chi connectivity index (χ0n) is 15.6. The number of aromatic nitrogens is 1. The van der Waals surface area contributed by atoms with Crippen molar-refractivity contribution >= 4 is 17.2 Å². The van der Waals surface area contributed by atoms with Crippen molar-refractivity contribution in [3.05, 3.63) is 76.1 Å². The number of nitrogens with zero attached hydrogens (tertiary/aromatic N) is 1. The van der Waals surface area contributed by atoms with Crippen LogP contribution in [-0.2, 0) is 13.1 Å². The first kappa shape index (κ1) is 19.3. The summed E-state index contributed by atoms with van der Waals surface area (Å²) < 4.78 is 0. The quantitative estimate of drug-likeness (QED) is 0.533. The van der Waals surface area contributed by atoms with E-state index in [1.807, 2.05) is 42.5 Å². The predicted molar refractivity (Wildman–Crippen MR) is 112 cm³/mol. The largest absolute Gasteiger partial charge is 0.352 e. The van der Waals surface area contributed by atoms with Crippen LogP contribution in [0.3, 0.4) is 0 Å². The molecule has 1 amide bonds. The fraction of sp³-hybridized carbons (Fsp3) is 0.273. The summed E-state index contributed by atoms with van der Waals surface area (Å²) in [6.45, 7) is 4.33. The maximum absolute atomic E-state index is 12.0. The lowest BCUT2D eigenvalue weighted by Crippen LogP contribution is -2.24. The van der Waals surface area contributed by atoms with E-state index in [1.54, 1.807) is 11.3 Å². The number of thiazole rings is 1. The van der Waals surface area contributed by atoms with Gasteiger partial charge in [-0.05, 0) is 24.1 Å². The molecular weight excluding hydrogens is 354 g/mol. The Bertz CT molecular complexity index is 844. The molecule has 0 radical (unpaired) electrons. The lowest BCUT2D eigenvalue weighted by atomic mass is 10.1. The van der Waals surface area contributed by atoms with E-state index in [1.165, 1.54) is 0 Å². The molecule has 0 aliphatic heterocycles. The maximum atomic E-state index is 12.0. The number of carbonyl (C=O) groups is 1. The summed E-state index contributed by atoms with van der Waals surface area (Å²) in [6.07, 6.45) is 2.09. The van der Waals surface area contributed by atoms with Crippen LogP contribution in [0.15, 0.2) is 60.0 Å². The zero-order valence-corrected chi connectivity index (χ0v) is 16.4. The Hall–Kier alpha value is -2.50. The van der Waals surface area contributed by atoms with Crippen molar-refractivity contribution in [2.75, 3.05) is 6.54 Å². The number of hydrogen-bond acceptors (Lipinski definition) is 4. The van der Waals surface area contributed by atoms with Crippen LogP contribution in [0.4, 0.5) is 0 Å². The molecule has 0 atom stereocenters. The fourth-order valence-corrected chi connectivity index (χ4v) is 3.47. The van der Waals surface area contributed by atoms with E-state index in [9.17, 15) is 4.79 Å². The molecule has 3 rings (SSSR count). The number of nitrogens with one attached hydrogen (secondary N) is 2. The monoisotopic (exact) mass is 379 g/mol. The summed E-state index contributed by atoms with van der Waals surface area (Å²) in [5.74, 6) is -0.000754. The van der Waals surface area contributed by atoms with Crippen LogP contribution >= 0.6 is 11.3 Å². The van der Waals surface area contributed by atoms with Crippen LogP contribution in [0.5, 0.6) is 0 Å². The van der Waals surface area contributed by atoms with Crippen LogP contribution in [-0.4, -0.2) is 17.4 Å². The highest BCUT2D eigenvalue weighted by molar-refractivity contribution is 7.09. The van der Waals surface area contributed by atoms with Gasteiger partial charge < -0.3 is 10.6 Å². The minimum Gasteiger partial charge on any atom is -0.352 e. The van der Waals surface area contributed by atoms with Crippen molar-refractivity contribution in [3.63, 3.8) is 0 Å². The van der Waals surface area contributed by atoms with Crippen molar-refractivity contribution in [1.29, 1.82) is 0 Å². The third kappa shape index (κ3) is 5.74.